The van der Waals surface area contributed by atoms with E-state index in [-0.39, 0.29) is 11.8 Å². The second kappa shape index (κ2) is 10.6. The first-order chi connectivity index (χ1) is 15.7. The molecule has 8 heteroatoms. The van der Waals surface area contributed by atoms with Crippen LogP contribution in [0.2, 0.25) is 0 Å². The van der Waals surface area contributed by atoms with Gasteiger partial charge in [-0.25, -0.2) is 0 Å². The largest absolute Gasteiger partial charge is 0.343 e. The number of carbonyl (C=O) groups is 4. The minimum absolute atomic E-state index is 0.282. The molecule has 2 aliphatic heterocycles. The smallest absolute Gasteiger partial charge is 0.246 e. The van der Waals surface area contributed by atoms with Gasteiger partial charge in [0.15, 0.2) is 0 Å². The summed E-state index contributed by atoms with van der Waals surface area (Å²) in [4.78, 5) is 54.5. The van der Waals surface area contributed by atoms with Crippen molar-refractivity contribution in [2.75, 3.05) is 6.54 Å². The van der Waals surface area contributed by atoms with Crippen LogP contribution in [-0.2, 0) is 25.6 Å². The van der Waals surface area contributed by atoms with E-state index >= 15 is 0 Å². The zero-order valence-electron chi connectivity index (χ0n) is 19.4. The van der Waals surface area contributed by atoms with Crippen LogP contribution in [0.25, 0.3) is 0 Å². The van der Waals surface area contributed by atoms with Crippen LogP contribution in [0.3, 0.4) is 0 Å². The van der Waals surface area contributed by atoms with Gasteiger partial charge in [-0.1, -0.05) is 36.4 Å². The van der Waals surface area contributed by atoms with Crippen molar-refractivity contribution in [2.24, 2.45) is 0 Å². The number of allylic oxidation sites excluding steroid dienone is 1. The third kappa shape index (κ3) is 6.00. The quantitative estimate of drug-likeness (QED) is 0.447. The van der Waals surface area contributed by atoms with E-state index in [0.717, 1.165) is 5.56 Å². The molecule has 0 aromatic heterocycles. The van der Waals surface area contributed by atoms with Crippen LogP contribution in [0.5, 0.6) is 0 Å². The van der Waals surface area contributed by atoms with Gasteiger partial charge in [0.1, 0.15) is 23.7 Å². The third-order valence-electron chi connectivity index (χ3n) is 6.26. The Hall–Kier alpha value is -3.16. The van der Waals surface area contributed by atoms with Gasteiger partial charge in [-0.15, -0.1) is 6.58 Å². The van der Waals surface area contributed by atoms with Crippen LogP contribution in [0.4, 0.5) is 0 Å². The summed E-state index contributed by atoms with van der Waals surface area (Å²) in [5.41, 5.74) is -0.371. The molecule has 178 valence electrons. The van der Waals surface area contributed by atoms with Crippen molar-refractivity contribution in [1.29, 1.82) is 0 Å². The molecule has 3 atom stereocenters. The summed E-state index contributed by atoms with van der Waals surface area (Å²) >= 11 is 0. The molecule has 3 rings (SSSR count). The van der Waals surface area contributed by atoms with E-state index < -0.39 is 35.5 Å². The molecule has 1 aromatic rings. The SMILES string of the molecule is C=CCCC[C@@H]1NC(=O)[C@H]2CCCN2C(=O)[C@H](Cc2ccccc2)NC(=O)C(C)(C)NC1=O. The summed E-state index contributed by atoms with van der Waals surface area (Å²) in [5.74, 6) is -1.47. The lowest BCUT2D eigenvalue weighted by molar-refractivity contribution is -0.144. The Balaban J connectivity index is 1.92. The van der Waals surface area contributed by atoms with Crippen molar-refractivity contribution in [3.63, 3.8) is 0 Å². The summed E-state index contributed by atoms with van der Waals surface area (Å²) in [6.45, 7) is 7.33. The molecule has 0 radical (unpaired) electrons. The molecule has 4 amide bonds. The minimum Gasteiger partial charge on any atom is -0.343 e. The standard InChI is InChI=1S/C25H34N4O4/c1-4-5-7-13-18-21(30)28-25(2,3)24(33)27-19(16-17-11-8-6-9-12-17)23(32)29-15-10-14-20(29)22(31)26-18/h4,6,8-9,11-12,18-20H,1,5,7,10,13-16H2,2-3H3,(H,26,31)(H,27,33)(H,28,30)/t18-,19-,20+/m0/s1. The maximum atomic E-state index is 13.5. The number of nitrogens with zero attached hydrogens (tertiary/aromatic N) is 1. The predicted octanol–water partition coefficient (Wildman–Crippen LogP) is 1.45. The van der Waals surface area contributed by atoms with E-state index in [1.165, 1.54) is 0 Å². The lowest BCUT2D eigenvalue weighted by Gasteiger charge is -2.34. The fraction of sp³-hybridized carbons (Fsp3) is 0.520. The van der Waals surface area contributed by atoms with Gasteiger partial charge in [0.05, 0.1) is 0 Å². The second-order valence-electron chi connectivity index (χ2n) is 9.30. The van der Waals surface area contributed by atoms with Gasteiger partial charge in [-0.2, -0.15) is 0 Å². The fourth-order valence-corrected chi connectivity index (χ4v) is 4.35. The molecule has 33 heavy (non-hydrogen) atoms. The van der Waals surface area contributed by atoms with Crippen molar-refractivity contribution >= 4 is 23.6 Å². The highest BCUT2D eigenvalue weighted by atomic mass is 16.2. The molecule has 0 spiro atoms. The summed E-state index contributed by atoms with van der Waals surface area (Å²) in [7, 11) is 0. The Morgan fingerprint density at radius 3 is 2.48 bits per heavy atom. The number of hydrogen-bond donors (Lipinski definition) is 3. The summed E-state index contributed by atoms with van der Waals surface area (Å²) in [5, 5.41) is 8.45. The molecule has 2 fully saturated rings. The van der Waals surface area contributed by atoms with Crippen LogP contribution in [0.15, 0.2) is 43.0 Å². The first-order valence-electron chi connectivity index (χ1n) is 11.6. The number of unbranched alkanes of at least 4 members (excludes halogenated alkanes) is 1. The molecule has 2 heterocycles. The normalized spacial score (nSPS) is 25.8. The van der Waals surface area contributed by atoms with E-state index in [4.69, 9.17) is 0 Å². The lowest BCUT2D eigenvalue weighted by Crippen LogP contribution is -2.64. The van der Waals surface area contributed by atoms with E-state index in [9.17, 15) is 19.2 Å². The molecule has 8 nitrogen and oxygen atoms in total. The lowest BCUT2D eigenvalue weighted by atomic mass is 9.98. The van der Waals surface area contributed by atoms with Crippen molar-refractivity contribution in [1.82, 2.24) is 20.9 Å². The van der Waals surface area contributed by atoms with Gasteiger partial charge in [0.2, 0.25) is 23.6 Å². The van der Waals surface area contributed by atoms with Gasteiger partial charge in [-0.3, -0.25) is 19.2 Å². The van der Waals surface area contributed by atoms with E-state index in [1.54, 1.807) is 24.8 Å². The Morgan fingerprint density at radius 2 is 1.79 bits per heavy atom. The van der Waals surface area contributed by atoms with Crippen molar-refractivity contribution in [3.05, 3.63) is 48.6 Å². The monoisotopic (exact) mass is 454 g/mol. The predicted molar refractivity (Wildman–Crippen MR) is 125 cm³/mol. The number of amides is 4. The maximum absolute atomic E-state index is 13.5. The van der Waals surface area contributed by atoms with Gasteiger partial charge in [-0.05, 0) is 51.5 Å². The van der Waals surface area contributed by atoms with E-state index in [0.29, 0.717) is 45.1 Å². The minimum atomic E-state index is -1.27. The molecule has 3 N–H and O–H groups in total. The topological polar surface area (TPSA) is 108 Å². The highest BCUT2D eigenvalue weighted by Crippen LogP contribution is 2.21. The summed E-state index contributed by atoms with van der Waals surface area (Å²) < 4.78 is 0. The van der Waals surface area contributed by atoms with Crippen LogP contribution in [0, 0.1) is 0 Å². The first-order valence-corrected chi connectivity index (χ1v) is 11.6. The fourth-order valence-electron chi connectivity index (χ4n) is 4.35. The Morgan fingerprint density at radius 1 is 1.06 bits per heavy atom. The molecule has 0 bridgehead atoms. The summed E-state index contributed by atoms with van der Waals surface area (Å²) in [6.07, 6.45) is 5.06. The van der Waals surface area contributed by atoms with Gasteiger partial charge < -0.3 is 20.9 Å². The highest BCUT2D eigenvalue weighted by molar-refractivity contribution is 5.99. The highest BCUT2D eigenvalue weighted by Gasteiger charge is 2.42. The zero-order valence-corrected chi connectivity index (χ0v) is 19.4. The average Bonchev–Trinajstić information content (AvgIpc) is 3.27. The van der Waals surface area contributed by atoms with Gasteiger partial charge >= 0.3 is 0 Å². The Labute approximate surface area is 195 Å². The second-order valence-corrected chi connectivity index (χ2v) is 9.30. The van der Waals surface area contributed by atoms with Crippen molar-refractivity contribution in [3.8, 4) is 0 Å². The number of rotatable bonds is 6. The van der Waals surface area contributed by atoms with Crippen LogP contribution < -0.4 is 16.0 Å². The molecule has 2 aliphatic rings. The number of nitrogens with one attached hydrogen (secondary N) is 3. The molecule has 0 saturated carbocycles. The zero-order chi connectivity index (χ0) is 24.0. The Bertz CT molecular complexity index is 899. The number of benzene rings is 1. The average molecular weight is 455 g/mol. The molecule has 2 saturated heterocycles. The third-order valence-corrected chi connectivity index (χ3v) is 6.26. The first kappa shape index (κ1) is 24.5. The number of carbonyl (C=O) groups excluding carboxylic acids is 4. The van der Waals surface area contributed by atoms with Gasteiger partial charge in [0.25, 0.3) is 0 Å². The van der Waals surface area contributed by atoms with Crippen LogP contribution >= 0.6 is 0 Å². The summed E-state index contributed by atoms with van der Waals surface area (Å²) in [6, 6.07) is 7.13. The van der Waals surface area contributed by atoms with E-state index in [1.807, 2.05) is 30.3 Å². The van der Waals surface area contributed by atoms with Crippen LogP contribution in [-0.4, -0.2) is 58.7 Å². The molecule has 0 aliphatic carbocycles. The number of fused-ring (bicyclic) bond motifs is 1. The van der Waals surface area contributed by atoms with Crippen LogP contribution in [0.1, 0.15) is 51.5 Å². The van der Waals surface area contributed by atoms with Crippen molar-refractivity contribution in [2.45, 2.75) is 76.0 Å². The molecular weight excluding hydrogens is 420 g/mol. The molecule has 1 aromatic carbocycles. The molecular formula is C25H34N4O4. The molecule has 0 unspecified atom stereocenters. The maximum Gasteiger partial charge on any atom is 0.246 e. The van der Waals surface area contributed by atoms with Crippen molar-refractivity contribution < 1.29 is 19.2 Å². The number of hydrogen-bond acceptors (Lipinski definition) is 4. The van der Waals surface area contributed by atoms with Gasteiger partial charge in [0, 0.05) is 13.0 Å². The van der Waals surface area contributed by atoms with E-state index in [2.05, 4.69) is 22.5 Å². The Kier molecular flexibility index (Phi) is 7.89.